The van der Waals surface area contributed by atoms with Gasteiger partial charge in [-0.1, -0.05) is 12.1 Å². The van der Waals surface area contributed by atoms with Gasteiger partial charge in [-0.2, -0.15) is 0 Å². The molecular formula is C13H19NO3. The summed E-state index contributed by atoms with van der Waals surface area (Å²) >= 11 is 0. The molecule has 0 saturated carbocycles. The van der Waals surface area contributed by atoms with Crippen LogP contribution in [0.25, 0.3) is 0 Å². The molecule has 0 heterocycles. The van der Waals surface area contributed by atoms with Gasteiger partial charge in [0, 0.05) is 6.54 Å². The summed E-state index contributed by atoms with van der Waals surface area (Å²) < 4.78 is 0. The number of hydrogen-bond donors (Lipinski definition) is 3. The normalized spacial score (nSPS) is 12.2. The third-order valence-corrected chi connectivity index (χ3v) is 2.60. The summed E-state index contributed by atoms with van der Waals surface area (Å²) in [6.07, 6.45) is 1.21. The van der Waals surface area contributed by atoms with Crippen molar-refractivity contribution in [3.05, 3.63) is 29.3 Å². The van der Waals surface area contributed by atoms with Crippen molar-refractivity contribution < 1.29 is 15.0 Å². The van der Waals surface area contributed by atoms with E-state index in [1.165, 1.54) is 0 Å². The number of benzene rings is 1. The molecule has 1 atom stereocenters. The molecule has 4 nitrogen and oxygen atoms in total. The molecule has 3 N–H and O–H groups in total. The summed E-state index contributed by atoms with van der Waals surface area (Å²) in [6.45, 7) is 4.29. The lowest BCUT2D eigenvalue weighted by atomic mass is 10.1. The van der Waals surface area contributed by atoms with Gasteiger partial charge in [0.1, 0.15) is 0 Å². The Hall–Kier alpha value is -1.55. The smallest absolute Gasteiger partial charge is 0.337 e. The second-order valence-corrected chi connectivity index (χ2v) is 4.22. The predicted molar refractivity (Wildman–Crippen MR) is 67.5 cm³/mol. The number of para-hydroxylation sites is 1. The van der Waals surface area contributed by atoms with Crippen LogP contribution in [0.15, 0.2) is 18.2 Å². The van der Waals surface area contributed by atoms with Crippen molar-refractivity contribution in [1.82, 2.24) is 0 Å². The SMILES string of the molecule is Cc1cccc(C(=O)O)c1NCCCC(C)O. The average molecular weight is 237 g/mol. The molecule has 0 amide bonds. The molecule has 1 aromatic rings. The van der Waals surface area contributed by atoms with E-state index < -0.39 is 5.97 Å². The highest BCUT2D eigenvalue weighted by Gasteiger charge is 2.11. The summed E-state index contributed by atoms with van der Waals surface area (Å²) in [5, 5.41) is 21.3. The summed E-state index contributed by atoms with van der Waals surface area (Å²) in [6, 6.07) is 5.20. The fourth-order valence-corrected chi connectivity index (χ4v) is 1.69. The van der Waals surface area contributed by atoms with Crippen LogP contribution in [-0.2, 0) is 0 Å². The van der Waals surface area contributed by atoms with E-state index in [2.05, 4.69) is 5.32 Å². The van der Waals surface area contributed by atoms with Crippen molar-refractivity contribution >= 4 is 11.7 Å². The van der Waals surface area contributed by atoms with Crippen molar-refractivity contribution in [2.45, 2.75) is 32.8 Å². The second kappa shape index (κ2) is 6.25. The highest BCUT2D eigenvalue weighted by atomic mass is 16.4. The first-order valence-electron chi connectivity index (χ1n) is 5.77. The van der Waals surface area contributed by atoms with Gasteiger partial charge in [-0.15, -0.1) is 0 Å². The fraction of sp³-hybridized carbons (Fsp3) is 0.462. The molecule has 0 aliphatic rings. The molecule has 0 aliphatic carbocycles. The van der Waals surface area contributed by atoms with E-state index in [4.69, 9.17) is 10.2 Å². The second-order valence-electron chi connectivity index (χ2n) is 4.22. The quantitative estimate of drug-likeness (QED) is 0.664. The van der Waals surface area contributed by atoms with E-state index in [0.717, 1.165) is 12.0 Å². The van der Waals surface area contributed by atoms with E-state index in [1.54, 1.807) is 19.1 Å². The van der Waals surface area contributed by atoms with Crippen LogP contribution in [0.4, 0.5) is 5.69 Å². The summed E-state index contributed by atoms with van der Waals surface area (Å²) in [5.74, 6) is -0.924. The maximum absolute atomic E-state index is 11.0. The third-order valence-electron chi connectivity index (χ3n) is 2.60. The van der Waals surface area contributed by atoms with Gasteiger partial charge in [0.05, 0.1) is 17.4 Å². The number of hydrogen-bond acceptors (Lipinski definition) is 3. The largest absolute Gasteiger partial charge is 0.478 e. The Kier molecular flexibility index (Phi) is 4.97. The number of aromatic carboxylic acids is 1. The summed E-state index contributed by atoms with van der Waals surface area (Å²) in [7, 11) is 0. The van der Waals surface area contributed by atoms with Crippen LogP contribution in [0.2, 0.25) is 0 Å². The van der Waals surface area contributed by atoms with Crippen molar-refractivity contribution in [2.24, 2.45) is 0 Å². The minimum absolute atomic E-state index is 0.294. The van der Waals surface area contributed by atoms with E-state index >= 15 is 0 Å². The molecule has 1 aromatic carbocycles. The van der Waals surface area contributed by atoms with Crippen LogP contribution in [0.5, 0.6) is 0 Å². The third kappa shape index (κ3) is 4.07. The topological polar surface area (TPSA) is 69.6 Å². The summed E-state index contributed by atoms with van der Waals surface area (Å²) in [5.41, 5.74) is 1.88. The van der Waals surface area contributed by atoms with Crippen LogP contribution in [-0.4, -0.2) is 28.8 Å². The first-order valence-corrected chi connectivity index (χ1v) is 5.77. The lowest BCUT2D eigenvalue weighted by Crippen LogP contribution is -2.11. The Labute approximate surface area is 101 Å². The molecule has 0 aliphatic heterocycles. The molecule has 4 heteroatoms. The standard InChI is InChI=1S/C13H19NO3/c1-9-5-3-7-11(13(16)17)12(9)14-8-4-6-10(2)15/h3,5,7,10,14-15H,4,6,8H2,1-2H3,(H,16,17). The minimum Gasteiger partial charge on any atom is -0.478 e. The van der Waals surface area contributed by atoms with E-state index in [0.29, 0.717) is 24.2 Å². The number of aliphatic hydroxyl groups excluding tert-OH is 1. The Balaban J connectivity index is 2.66. The number of anilines is 1. The number of rotatable bonds is 6. The molecule has 0 spiro atoms. The highest BCUT2D eigenvalue weighted by molar-refractivity contribution is 5.95. The lowest BCUT2D eigenvalue weighted by molar-refractivity contribution is 0.0697. The molecule has 17 heavy (non-hydrogen) atoms. The van der Waals surface area contributed by atoms with Gasteiger partial charge in [0.25, 0.3) is 0 Å². The van der Waals surface area contributed by atoms with Crippen LogP contribution >= 0.6 is 0 Å². The first kappa shape index (κ1) is 13.5. The summed E-state index contributed by atoms with van der Waals surface area (Å²) in [4.78, 5) is 11.0. The Morgan fingerprint density at radius 3 is 2.76 bits per heavy atom. The van der Waals surface area contributed by atoms with Gasteiger partial charge in [0.2, 0.25) is 0 Å². The predicted octanol–water partition coefficient (Wildman–Crippen LogP) is 2.27. The Morgan fingerprint density at radius 2 is 2.18 bits per heavy atom. The lowest BCUT2D eigenvalue weighted by Gasteiger charge is -2.12. The van der Waals surface area contributed by atoms with E-state index in [-0.39, 0.29) is 6.10 Å². The van der Waals surface area contributed by atoms with Gasteiger partial charge in [-0.05, 0) is 38.3 Å². The van der Waals surface area contributed by atoms with Gasteiger partial charge in [-0.3, -0.25) is 0 Å². The first-order chi connectivity index (χ1) is 8.02. The zero-order valence-corrected chi connectivity index (χ0v) is 10.2. The van der Waals surface area contributed by atoms with Crippen molar-refractivity contribution in [3.8, 4) is 0 Å². The van der Waals surface area contributed by atoms with Crippen LogP contribution in [0, 0.1) is 6.92 Å². The van der Waals surface area contributed by atoms with Crippen molar-refractivity contribution in [1.29, 1.82) is 0 Å². The van der Waals surface area contributed by atoms with Crippen molar-refractivity contribution in [3.63, 3.8) is 0 Å². The fourth-order valence-electron chi connectivity index (χ4n) is 1.69. The zero-order valence-electron chi connectivity index (χ0n) is 10.2. The minimum atomic E-state index is -0.924. The molecule has 1 rings (SSSR count). The molecule has 0 saturated heterocycles. The molecule has 0 aromatic heterocycles. The number of carboxylic acid groups (broad SMARTS) is 1. The average Bonchev–Trinajstić information content (AvgIpc) is 2.25. The maximum atomic E-state index is 11.0. The molecular weight excluding hydrogens is 218 g/mol. The van der Waals surface area contributed by atoms with Crippen molar-refractivity contribution in [2.75, 3.05) is 11.9 Å². The van der Waals surface area contributed by atoms with Gasteiger partial charge in [-0.25, -0.2) is 4.79 Å². The van der Waals surface area contributed by atoms with Crippen LogP contribution in [0.3, 0.4) is 0 Å². The molecule has 1 unspecified atom stereocenters. The number of aliphatic hydroxyl groups is 1. The molecule has 0 fully saturated rings. The van der Waals surface area contributed by atoms with Crippen LogP contribution < -0.4 is 5.32 Å². The molecule has 0 radical (unpaired) electrons. The number of nitrogens with one attached hydrogen (secondary N) is 1. The molecule has 0 bridgehead atoms. The number of carboxylic acids is 1. The Morgan fingerprint density at radius 1 is 1.47 bits per heavy atom. The van der Waals surface area contributed by atoms with Gasteiger partial charge < -0.3 is 15.5 Å². The van der Waals surface area contributed by atoms with Gasteiger partial charge in [0.15, 0.2) is 0 Å². The maximum Gasteiger partial charge on any atom is 0.337 e. The zero-order chi connectivity index (χ0) is 12.8. The number of carbonyl (C=O) groups is 1. The van der Waals surface area contributed by atoms with Gasteiger partial charge >= 0.3 is 5.97 Å². The van der Waals surface area contributed by atoms with E-state index in [9.17, 15) is 4.79 Å². The number of aryl methyl sites for hydroxylation is 1. The monoisotopic (exact) mass is 237 g/mol. The van der Waals surface area contributed by atoms with E-state index in [1.807, 2.05) is 13.0 Å². The Bertz CT molecular complexity index is 388. The molecule has 94 valence electrons. The van der Waals surface area contributed by atoms with Crippen LogP contribution in [0.1, 0.15) is 35.7 Å². The highest BCUT2D eigenvalue weighted by Crippen LogP contribution is 2.20.